The van der Waals surface area contributed by atoms with Crippen molar-refractivity contribution in [2.24, 2.45) is 0 Å². The molecule has 2 aromatic rings. The van der Waals surface area contributed by atoms with Gasteiger partial charge in [-0.25, -0.2) is 0 Å². The lowest BCUT2D eigenvalue weighted by atomic mass is 10.1. The summed E-state index contributed by atoms with van der Waals surface area (Å²) < 4.78 is 0.0315. The molecule has 5 heteroatoms. The highest BCUT2D eigenvalue weighted by Crippen LogP contribution is 2.24. The normalized spacial score (nSPS) is 11.0. The highest BCUT2D eigenvalue weighted by molar-refractivity contribution is 8.01. The molecule has 4 nitrogen and oxygen atoms in total. The number of benzene rings is 2. The highest BCUT2D eigenvalue weighted by atomic mass is 32.2. The lowest BCUT2D eigenvalue weighted by Crippen LogP contribution is -2.20. The maximum absolute atomic E-state index is 12.5. The predicted molar refractivity (Wildman–Crippen MR) is 106 cm³/mol. The van der Waals surface area contributed by atoms with Gasteiger partial charge < -0.3 is 10.6 Å². The maximum Gasteiger partial charge on any atom is 0.256 e. The van der Waals surface area contributed by atoms with Gasteiger partial charge in [0.05, 0.1) is 5.75 Å². The van der Waals surface area contributed by atoms with Crippen LogP contribution in [-0.2, 0) is 4.79 Å². The van der Waals surface area contributed by atoms with Crippen molar-refractivity contribution in [3.63, 3.8) is 0 Å². The van der Waals surface area contributed by atoms with E-state index in [0.717, 1.165) is 11.3 Å². The Balaban J connectivity index is 2.08. The molecular weight excluding hydrogens is 332 g/mol. The molecule has 0 atom stereocenters. The molecule has 0 aliphatic heterocycles. The monoisotopic (exact) mass is 356 g/mol. The number of hydrogen-bond acceptors (Lipinski definition) is 3. The second-order valence-corrected chi connectivity index (χ2v) is 8.55. The zero-order valence-electron chi connectivity index (χ0n) is 15.1. The standard InChI is InChI=1S/C20H24N2O2S/c1-14-16(19(24)21-15-9-6-5-7-10-15)11-8-12-17(14)22-18(23)13-25-20(2,3)4/h5-12H,13H2,1-4H3,(H,21,24)(H,22,23). The quantitative estimate of drug-likeness (QED) is 0.815. The van der Waals surface area contributed by atoms with Crippen LogP contribution in [0.15, 0.2) is 48.5 Å². The van der Waals surface area contributed by atoms with Crippen LogP contribution >= 0.6 is 11.8 Å². The van der Waals surface area contributed by atoms with Gasteiger partial charge in [0.2, 0.25) is 5.91 Å². The smallest absolute Gasteiger partial charge is 0.256 e. The molecule has 0 aliphatic carbocycles. The molecule has 25 heavy (non-hydrogen) atoms. The van der Waals surface area contributed by atoms with Crippen molar-refractivity contribution >= 4 is 35.0 Å². The van der Waals surface area contributed by atoms with E-state index in [1.54, 1.807) is 23.9 Å². The zero-order valence-corrected chi connectivity index (χ0v) is 15.9. The summed E-state index contributed by atoms with van der Waals surface area (Å²) in [5.74, 6) is 0.121. The van der Waals surface area contributed by atoms with Crippen LogP contribution in [0.4, 0.5) is 11.4 Å². The van der Waals surface area contributed by atoms with E-state index in [1.165, 1.54) is 0 Å². The molecular formula is C20H24N2O2S. The molecule has 0 spiro atoms. The fourth-order valence-corrected chi connectivity index (χ4v) is 2.84. The lowest BCUT2D eigenvalue weighted by Gasteiger charge is -2.17. The molecule has 2 rings (SSSR count). The third-order valence-electron chi connectivity index (χ3n) is 3.52. The van der Waals surface area contributed by atoms with Crippen molar-refractivity contribution in [2.75, 3.05) is 16.4 Å². The zero-order chi connectivity index (χ0) is 18.4. The summed E-state index contributed by atoms with van der Waals surface area (Å²) in [4.78, 5) is 24.7. The summed E-state index contributed by atoms with van der Waals surface area (Å²) in [7, 11) is 0. The second-order valence-electron chi connectivity index (χ2n) is 6.75. The van der Waals surface area contributed by atoms with E-state index >= 15 is 0 Å². The molecule has 0 radical (unpaired) electrons. The van der Waals surface area contributed by atoms with Crippen molar-refractivity contribution in [2.45, 2.75) is 32.4 Å². The summed E-state index contributed by atoms with van der Waals surface area (Å²) in [6, 6.07) is 14.6. The van der Waals surface area contributed by atoms with E-state index < -0.39 is 0 Å². The first-order chi connectivity index (χ1) is 11.8. The number of anilines is 2. The van der Waals surface area contributed by atoms with E-state index in [1.807, 2.05) is 43.3 Å². The second kappa shape index (κ2) is 8.21. The molecule has 0 saturated heterocycles. The fourth-order valence-electron chi connectivity index (χ4n) is 2.21. The summed E-state index contributed by atoms with van der Waals surface area (Å²) in [6.45, 7) is 8.06. The van der Waals surface area contributed by atoms with Crippen LogP contribution in [0.1, 0.15) is 36.7 Å². The van der Waals surface area contributed by atoms with Gasteiger partial charge in [0.25, 0.3) is 5.91 Å². The number of carbonyl (C=O) groups is 2. The maximum atomic E-state index is 12.5. The van der Waals surface area contributed by atoms with Gasteiger partial charge in [-0.1, -0.05) is 45.0 Å². The number of nitrogens with one attached hydrogen (secondary N) is 2. The van der Waals surface area contributed by atoms with E-state index in [-0.39, 0.29) is 16.6 Å². The van der Waals surface area contributed by atoms with Crippen LogP contribution in [0.3, 0.4) is 0 Å². The summed E-state index contributed by atoms with van der Waals surface area (Å²) in [6.07, 6.45) is 0. The summed E-state index contributed by atoms with van der Waals surface area (Å²) >= 11 is 1.59. The fraction of sp³-hybridized carbons (Fsp3) is 0.300. The largest absolute Gasteiger partial charge is 0.325 e. The van der Waals surface area contributed by atoms with Crippen LogP contribution in [0.2, 0.25) is 0 Å². The molecule has 2 aromatic carbocycles. The average Bonchev–Trinajstić information content (AvgIpc) is 2.55. The SMILES string of the molecule is Cc1c(NC(=O)CSC(C)(C)C)cccc1C(=O)Nc1ccccc1. The van der Waals surface area contributed by atoms with Gasteiger partial charge in [0, 0.05) is 21.7 Å². The number of rotatable bonds is 5. The summed E-state index contributed by atoms with van der Waals surface area (Å²) in [5, 5.41) is 5.77. The van der Waals surface area contributed by atoms with Crippen molar-refractivity contribution in [3.8, 4) is 0 Å². The first kappa shape index (κ1) is 19.1. The van der Waals surface area contributed by atoms with Crippen molar-refractivity contribution < 1.29 is 9.59 Å². The van der Waals surface area contributed by atoms with Crippen LogP contribution in [0, 0.1) is 6.92 Å². The number of amides is 2. The van der Waals surface area contributed by atoms with Crippen molar-refractivity contribution in [3.05, 3.63) is 59.7 Å². The summed E-state index contributed by atoms with van der Waals surface area (Å²) in [5.41, 5.74) is 2.71. The van der Waals surface area contributed by atoms with Gasteiger partial charge in [-0.3, -0.25) is 9.59 Å². The van der Waals surface area contributed by atoms with Gasteiger partial charge in [-0.2, -0.15) is 0 Å². The molecule has 0 aliphatic rings. The van der Waals surface area contributed by atoms with Gasteiger partial charge in [0.15, 0.2) is 0 Å². The molecule has 132 valence electrons. The van der Waals surface area contributed by atoms with Crippen LogP contribution in [-0.4, -0.2) is 22.3 Å². The van der Waals surface area contributed by atoms with Crippen molar-refractivity contribution in [1.82, 2.24) is 0 Å². The molecule has 0 unspecified atom stereocenters. The van der Waals surface area contributed by atoms with Crippen LogP contribution in [0.5, 0.6) is 0 Å². The predicted octanol–water partition coefficient (Wildman–Crippen LogP) is 4.72. The number of thioether (sulfide) groups is 1. The van der Waals surface area contributed by atoms with Gasteiger partial charge in [0.1, 0.15) is 0 Å². The van der Waals surface area contributed by atoms with Gasteiger partial charge in [-0.15, -0.1) is 11.8 Å². The molecule has 2 amide bonds. The Morgan fingerprint density at radius 3 is 2.28 bits per heavy atom. The van der Waals surface area contributed by atoms with E-state index in [4.69, 9.17) is 0 Å². The first-order valence-corrected chi connectivity index (χ1v) is 9.14. The Morgan fingerprint density at radius 1 is 0.960 bits per heavy atom. The van der Waals surface area contributed by atoms with Crippen molar-refractivity contribution in [1.29, 1.82) is 0 Å². The molecule has 0 aromatic heterocycles. The van der Waals surface area contributed by atoms with E-state index in [0.29, 0.717) is 17.0 Å². The van der Waals surface area contributed by atoms with E-state index in [9.17, 15) is 9.59 Å². The minimum absolute atomic E-state index is 0.0315. The first-order valence-electron chi connectivity index (χ1n) is 8.16. The minimum Gasteiger partial charge on any atom is -0.325 e. The lowest BCUT2D eigenvalue weighted by molar-refractivity contribution is -0.113. The van der Waals surface area contributed by atoms with Gasteiger partial charge >= 0.3 is 0 Å². The van der Waals surface area contributed by atoms with Crippen LogP contribution < -0.4 is 10.6 Å². The van der Waals surface area contributed by atoms with E-state index in [2.05, 4.69) is 31.4 Å². The molecule has 0 bridgehead atoms. The Labute approximate surface area is 153 Å². The van der Waals surface area contributed by atoms with Gasteiger partial charge in [-0.05, 0) is 36.8 Å². The number of para-hydroxylation sites is 1. The third-order valence-corrected chi connectivity index (χ3v) is 4.79. The molecule has 2 N–H and O–H groups in total. The Kier molecular flexibility index (Phi) is 6.26. The molecule has 0 saturated carbocycles. The molecule has 0 heterocycles. The topological polar surface area (TPSA) is 58.2 Å². The minimum atomic E-state index is -0.191. The third kappa shape index (κ3) is 5.94. The van der Waals surface area contributed by atoms with Crippen LogP contribution in [0.25, 0.3) is 0 Å². The Hall–Kier alpha value is -2.27. The Morgan fingerprint density at radius 2 is 1.64 bits per heavy atom. The Bertz CT molecular complexity index is 752. The number of hydrogen-bond donors (Lipinski definition) is 2. The molecule has 0 fully saturated rings. The average molecular weight is 356 g/mol. The number of carbonyl (C=O) groups excluding carboxylic acids is 2. The highest BCUT2D eigenvalue weighted by Gasteiger charge is 2.16.